The molecule has 2 atom stereocenters. The Morgan fingerprint density at radius 1 is 1.55 bits per heavy atom. The van der Waals surface area contributed by atoms with Gasteiger partial charge in [-0.1, -0.05) is 11.2 Å². The molecule has 0 saturated heterocycles. The molecule has 1 heterocycles. The van der Waals surface area contributed by atoms with E-state index in [0.29, 0.717) is 0 Å². The van der Waals surface area contributed by atoms with Crippen molar-refractivity contribution in [2.24, 2.45) is 5.16 Å². The van der Waals surface area contributed by atoms with Crippen LogP contribution in [0.1, 0.15) is 18.9 Å². The minimum absolute atomic E-state index is 0.0327. The lowest BCUT2D eigenvalue weighted by Crippen LogP contribution is -2.39. The Hall–Kier alpha value is -2.49. The average molecular weight is 279 g/mol. The summed E-state index contributed by atoms with van der Waals surface area (Å²) in [6, 6.07) is 4.60. The molecule has 1 N–H and O–H groups in total. The van der Waals surface area contributed by atoms with Crippen LogP contribution in [-0.4, -0.2) is 23.8 Å². The predicted octanol–water partition coefficient (Wildman–Crippen LogP) is 1.49. The summed E-state index contributed by atoms with van der Waals surface area (Å²) < 4.78 is 27.2. The van der Waals surface area contributed by atoms with Gasteiger partial charge in [-0.25, -0.2) is 8.78 Å². The number of carbonyl (C=O) groups excluding carboxylic acids is 1. The molecule has 1 aliphatic rings. The summed E-state index contributed by atoms with van der Waals surface area (Å²) in [5.41, 5.74) is -0.263. The fourth-order valence-electron chi connectivity index (χ4n) is 1.78. The molecule has 1 aromatic carbocycles. The van der Waals surface area contributed by atoms with E-state index in [1.807, 2.05) is 6.07 Å². The second-order valence-electron chi connectivity index (χ2n) is 4.29. The van der Waals surface area contributed by atoms with Crippen LogP contribution >= 0.6 is 0 Å². The van der Waals surface area contributed by atoms with Gasteiger partial charge in [-0.15, -0.1) is 0 Å². The molecular weight excluding hydrogens is 268 g/mol. The van der Waals surface area contributed by atoms with Crippen molar-refractivity contribution in [2.45, 2.75) is 25.5 Å². The predicted molar refractivity (Wildman–Crippen MR) is 65.6 cm³/mol. The van der Waals surface area contributed by atoms with E-state index in [1.54, 1.807) is 0 Å². The van der Waals surface area contributed by atoms with Gasteiger partial charge in [0.1, 0.15) is 17.7 Å². The van der Waals surface area contributed by atoms with Crippen molar-refractivity contribution in [3.05, 3.63) is 35.4 Å². The number of halogens is 2. The second-order valence-corrected chi connectivity index (χ2v) is 4.29. The molecule has 0 aliphatic carbocycles. The van der Waals surface area contributed by atoms with Gasteiger partial charge < -0.3 is 10.2 Å². The van der Waals surface area contributed by atoms with Crippen molar-refractivity contribution in [1.29, 1.82) is 5.26 Å². The Morgan fingerprint density at radius 3 is 2.80 bits per heavy atom. The Balaban J connectivity index is 2.09. The Kier molecular flexibility index (Phi) is 3.94. The van der Waals surface area contributed by atoms with Gasteiger partial charge in [0, 0.05) is 6.42 Å². The van der Waals surface area contributed by atoms with E-state index in [4.69, 9.17) is 10.1 Å². The van der Waals surface area contributed by atoms with Crippen LogP contribution in [-0.2, 0) is 9.63 Å². The number of amides is 1. The fraction of sp³-hybridized carbons (Fsp3) is 0.308. The first kappa shape index (κ1) is 13.9. The zero-order valence-corrected chi connectivity index (χ0v) is 10.6. The molecule has 0 aromatic heterocycles. The molecular formula is C13H11F2N3O2. The SMILES string of the molecule is C[C@H](C#N)NC(=O)[C@H]1CC(c2c(F)cccc2F)=NO1. The van der Waals surface area contributed by atoms with Crippen molar-refractivity contribution < 1.29 is 18.4 Å². The summed E-state index contributed by atoms with van der Waals surface area (Å²) in [5.74, 6) is -2.08. The molecule has 20 heavy (non-hydrogen) atoms. The standard InChI is InChI=1S/C13H11F2N3O2/c1-7(6-16)17-13(19)11-5-10(18-20-11)12-8(14)3-2-4-9(12)15/h2-4,7,11H,5H2,1H3,(H,17,19)/t7-,11-/m1/s1. The molecule has 1 aromatic rings. The van der Waals surface area contributed by atoms with Gasteiger partial charge in [0.2, 0.25) is 6.10 Å². The van der Waals surface area contributed by atoms with Crippen molar-refractivity contribution in [1.82, 2.24) is 5.32 Å². The maximum absolute atomic E-state index is 13.6. The molecule has 104 valence electrons. The summed E-state index contributed by atoms with van der Waals surface area (Å²) in [4.78, 5) is 16.6. The van der Waals surface area contributed by atoms with E-state index in [2.05, 4.69) is 10.5 Å². The molecule has 0 spiro atoms. The van der Waals surface area contributed by atoms with Gasteiger partial charge >= 0.3 is 0 Å². The number of nitrogens with zero attached hydrogens (tertiary/aromatic N) is 2. The molecule has 5 nitrogen and oxygen atoms in total. The van der Waals surface area contributed by atoms with Crippen LogP contribution in [0, 0.1) is 23.0 Å². The molecule has 2 rings (SSSR count). The van der Waals surface area contributed by atoms with E-state index in [-0.39, 0.29) is 17.7 Å². The molecule has 1 aliphatic heterocycles. The van der Waals surface area contributed by atoms with Gasteiger partial charge in [0.25, 0.3) is 5.91 Å². The summed E-state index contributed by atoms with van der Waals surface area (Å²) in [5, 5.41) is 14.5. The van der Waals surface area contributed by atoms with Crippen LogP contribution < -0.4 is 5.32 Å². The summed E-state index contributed by atoms with van der Waals surface area (Å²) in [6.07, 6.45) is -1.04. The quantitative estimate of drug-likeness (QED) is 0.910. The zero-order chi connectivity index (χ0) is 14.7. The van der Waals surface area contributed by atoms with Crippen molar-refractivity contribution in [2.75, 3.05) is 0 Å². The monoisotopic (exact) mass is 279 g/mol. The fourth-order valence-corrected chi connectivity index (χ4v) is 1.78. The van der Waals surface area contributed by atoms with Crippen molar-refractivity contribution in [3.8, 4) is 6.07 Å². The van der Waals surface area contributed by atoms with E-state index in [9.17, 15) is 13.6 Å². The highest BCUT2D eigenvalue weighted by Gasteiger charge is 2.31. The number of benzene rings is 1. The van der Waals surface area contributed by atoms with Gasteiger partial charge in [-0.3, -0.25) is 4.79 Å². The van der Waals surface area contributed by atoms with Gasteiger partial charge in [0.15, 0.2) is 0 Å². The Morgan fingerprint density at radius 2 is 2.20 bits per heavy atom. The highest BCUT2D eigenvalue weighted by atomic mass is 19.1. The third kappa shape index (κ3) is 2.74. The largest absolute Gasteiger partial charge is 0.382 e. The van der Waals surface area contributed by atoms with E-state index in [1.165, 1.54) is 13.0 Å². The number of rotatable bonds is 3. The molecule has 0 fully saturated rings. The van der Waals surface area contributed by atoms with Gasteiger partial charge in [-0.2, -0.15) is 5.26 Å². The maximum atomic E-state index is 13.6. The van der Waals surface area contributed by atoms with Gasteiger partial charge in [0.05, 0.1) is 17.3 Å². The van der Waals surface area contributed by atoms with Gasteiger partial charge in [-0.05, 0) is 19.1 Å². The zero-order valence-electron chi connectivity index (χ0n) is 10.6. The van der Waals surface area contributed by atoms with Crippen LogP contribution in [0.25, 0.3) is 0 Å². The first-order chi connectivity index (χ1) is 9.52. The van der Waals surface area contributed by atoms with Crippen LogP contribution in [0.15, 0.2) is 23.4 Å². The normalized spacial score (nSPS) is 18.7. The van der Waals surface area contributed by atoms with Crippen LogP contribution in [0.3, 0.4) is 0 Å². The smallest absolute Gasteiger partial charge is 0.265 e. The number of nitriles is 1. The maximum Gasteiger partial charge on any atom is 0.265 e. The number of hydrogen-bond acceptors (Lipinski definition) is 4. The van der Waals surface area contributed by atoms with E-state index >= 15 is 0 Å². The lowest BCUT2D eigenvalue weighted by Gasteiger charge is -2.10. The van der Waals surface area contributed by atoms with Crippen LogP contribution in [0.5, 0.6) is 0 Å². The molecule has 7 heteroatoms. The lowest BCUT2D eigenvalue weighted by molar-refractivity contribution is -0.131. The topological polar surface area (TPSA) is 74.5 Å². The first-order valence-electron chi connectivity index (χ1n) is 5.90. The van der Waals surface area contributed by atoms with Crippen LogP contribution in [0.2, 0.25) is 0 Å². The summed E-state index contributed by atoms with van der Waals surface area (Å²) >= 11 is 0. The number of carbonyl (C=O) groups is 1. The summed E-state index contributed by atoms with van der Waals surface area (Å²) in [6.45, 7) is 1.51. The first-order valence-corrected chi connectivity index (χ1v) is 5.90. The molecule has 0 bridgehead atoms. The molecule has 0 radical (unpaired) electrons. The van der Waals surface area contributed by atoms with Crippen LogP contribution in [0.4, 0.5) is 8.78 Å². The molecule has 0 saturated carbocycles. The number of hydrogen-bond donors (Lipinski definition) is 1. The van der Waals surface area contributed by atoms with Crippen molar-refractivity contribution >= 4 is 11.6 Å². The molecule has 0 unspecified atom stereocenters. The Bertz CT molecular complexity index is 590. The summed E-state index contributed by atoms with van der Waals surface area (Å²) in [7, 11) is 0. The second kappa shape index (κ2) is 5.65. The average Bonchev–Trinajstić information content (AvgIpc) is 2.88. The third-order valence-corrected chi connectivity index (χ3v) is 2.77. The number of oxime groups is 1. The highest BCUT2D eigenvalue weighted by molar-refractivity contribution is 6.04. The minimum atomic E-state index is -0.986. The third-order valence-electron chi connectivity index (χ3n) is 2.77. The lowest BCUT2D eigenvalue weighted by atomic mass is 10.0. The van der Waals surface area contributed by atoms with E-state index in [0.717, 1.165) is 12.1 Å². The Labute approximate surface area is 113 Å². The highest BCUT2D eigenvalue weighted by Crippen LogP contribution is 2.21. The number of nitrogens with one attached hydrogen (secondary N) is 1. The van der Waals surface area contributed by atoms with Crippen molar-refractivity contribution in [3.63, 3.8) is 0 Å². The minimum Gasteiger partial charge on any atom is -0.382 e. The van der Waals surface area contributed by atoms with E-state index < -0.39 is 29.7 Å². The molecule has 1 amide bonds.